The number of nitrogens with zero attached hydrogens (tertiary/aromatic N) is 4. The van der Waals surface area contributed by atoms with Gasteiger partial charge in [-0.25, -0.2) is 4.79 Å². The van der Waals surface area contributed by atoms with Gasteiger partial charge >= 0.3 is 5.69 Å². The molecule has 0 spiro atoms. The largest absolute Gasteiger partial charge is 0.487 e. The van der Waals surface area contributed by atoms with Crippen LogP contribution < -0.4 is 10.4 Å². The van der Waals surface area contributed by atoms with Gasteiger partial charge in [-0.1, -0.05) is 41.0 Å². The number of alkyl halides is 2. The Morgan fingerprint density at radius 2 is 2.00 bits per heavy atom. The third-order valence-electron chi connectivity index (χ3n) is 3.54. The maximum atomic E-state index is 13.0. The SMILES string of the molecule is Cn1nnn(-c2cccc(SC(F)F)c2COc2cc(Cl)ccc2Cl)c1=O. The fourth-order valence-corrected chi connectivity index (χ4v) is 3.30. The zero-order valence-electron chi connectivity index (χ0n) is 13.8. The Bertz CT molecular complexity index is 1030. The standard InChI is InChI=1S/C16H12Cl2F2N4O2S/c1-23-16(25)24(22-21-23)12-3-2-4-14(27-15(19)20)10(12)8-26-13-7-9(17)5-6-11(13)18/h2-7,15H,8H2,1H3. The summed E-state index contributed by atoms with van der Waals surface area (Å²) < 4.78 is 33.7. The number of rotatable bonds is 6. The van der Waals surface area contributed by atoms with Gasteiger partial charge in [0.05, 0.1) is 10.7 Å². The molecule has 3 aromatic rings. The van der Waals surface area contributed by atoms with E-state index in [1.807, 2.05) is 0 Å². The van der Waals surface area contributed by atoms with E-state index in [2.05, 4.69) is 10.4 Å². The van der Waals surface area contributed by atoms with E-state index in [4.69, 9.17) is 27.9 Å². The summed E-state index contributed by atoms with van der Waals surface area (Å²) in [5.74, 6) is -2.36. The van der Waals surface area contributed by atoms with Gasteiger partial charge in [-0.05, 0) is 34.7 Å². The second-order valence-electron chi connectivity index (χ2n) is 5.29. The molecule has 0 saturated carbocycles. The molecule has 0 radical (unpaired) electrons. The summed E-state index contributed by atoms with van der Waals surface area (Å²) >= 11 is 12.4. The van der Waals surface area contributed by atoms with Crippen molar-refractivity contribution >= 4 is 35.0 Å². The second kappa shape index (κ2) is 8.28. The molecule has 0 aliphatic rings. The molecule has 0 aliphatic carbocycles. The van der Waals surface area contributed by atoms with Crippen LogP contribution in [0.1, 0.15) is 5.56 Å². The second-order valence-corrected chi connectivity index (χ2v) is 7.17. The van der Waals surface area contributed by atoms with Crippen molar-refractivity contribution in [2.75, 3.05) is 0 Å². The van der Waals surface area contributed by atoms with Crippen LogP contribution in [0.2, 0.25) is 10.0 Å². The minimum Gasteiger partial charge on any atom is -0.487 e. The number of hydrogen-bond acceptors (Lipinski definition) is 5. The predicted octanol–water partition coefficient (Wildman–Crippen LogP) is 4.17. The van der Waals surface area contributed by atoms with E-state index in [0.29, 0.717) is 33.1 Å². The quantitative estimate of drug-likeness (QED) is 0.547. The van der Waals surface area contributed by atoms with E-state index in [0.717, 1.165) is 9.36 Å². The monoisotopic (exact) mass is 432 g/mol. The molecule has 1 aromatic heterocycles. The molecule has 1 heterocycles. The van der Waals surface area contributed by atoms with Crippen molar-refractivity contribution in [3.63, 3.8) is 0 Å². The van der Waals surface area contributed by atoms with E-state index in [-0.39, 0.29) is 17.2 Å². The predicted molar refractivity (Wildman–Crippen MR) is 99.3 cm³/mol. The van der Waals surface area contributed by atoms with Crippen LogP contribution in [0.4, 0.5) is 8.78 Å². The molecule has 3 rings (SSSR count). The summed E-state index contributed by atoms with van der Waals surface area (Å²) in [5.41, 5.74) is 0.120. The first-order valence-electron chi connectivity index (χ1n) is 7.50. The smallest absolute Gasteiger partial charge is 0.368 e. The number of halogens is 4. The topological polar surface area (TPSA) is 61.9 Å². The Labute approximate surface area is 166 Å². The molecule has 11 heteroatoms. The van der Waals surface area contributed by atoms with Crippen molar-refractivity contribution < 1.29 is 13.5 Å². The van der Waals surface area contributed by atoms with Gasteiger partial charge in [-0.2, -0.15) is 18.1 Å². The van der Waals surface area contributed by atoms with Crippen LogP contribution in [-0.2, 0) is 13.7 Å². The summed E-state index contributed by atoms with van der Waals surface area (Å²) in [7, 11) is 1.44. The number of ether oxygens (including phenoxy) is 1. The van der Waals surface area contributed by atoms with Gasteiger partial charge in [0.15, 0.2) is 0 Å². The maximum Gasteiger partial charge on any atom is 0.368 e. The number of tetrazole rings is 1. The lowest BCUT2D eigenvalue weighted by Gasteiger charge is -2.15. The normalized spacial score (nSPS) is 11.2. The van der Waals surface area contributed by atoms with Crippen molar-refractivity contribution in [3.8, 4) is 11.4 Å². The highest BCUT2D eigenvalue weighted by molar-refractivity contribution is 7.99. The lowest BCUT2D eigenvalue weighted by molar-refractivity contribution is 0.251. The molecule has 2 aromatic carbocycles. The molecule has 6 nitrogen and oxygen atoms in total. The summed E-state index contributed by atoms with van der Waals surface area (Å²) in [6.45, 7) is -0.131. The van der Waals surface area contributed by atoms with E-state index in [9.17, 15) is 13.6 Å². The highest BCUT2D eigenvalue weighted by atomic mass is 35.5. The van der Waals surface area contributed by atoms with Crippen LogP contribution in [0, 0.1) is 0 Å². The van der Waals surface area contributed by atoms with Gasteiger partial charge in [0.1, 0.15) is 12.4 Å². The molecular weight excluding hydrogens is 421 g/mol. The summed E-state index contributed by atoms with van der Waals surface area (Å²) in [4.78, 5) is 12.4. The van der Waals surface area contributed by atoms with Crippen molar-refractivity contribution in [2.24, 2.45) is 7.05 Å². The number of thioether (sulfide) groups is 1. The molecule has 0 aliphatic heterocycles. The van der Waals surface area contributed by atoms with Gasteiger partial charge in [0, 0.05) is 28.6 Å². The molecule has 0 unspecified atom stereocenters. The van der Waals surface area contributed by atoms with Crippen molar-refractivity contribution in [1.82, 2.24) is 19.8 Å². The van der Waals surface area contributed by atoms with Crippen LogP contribution in [0.3, 0.4) is 0 Å². The molecule has 0 N–H and O–H groups in total. The van der Waals surface area contributed by atoms with Gasteiger partial charge in [-0.3, -0.25) is 0 Å². The van der Waals surface area contributed by atoms with Crippen LogP contribution in [0.25, 0.3) is 5.69 Å². The molecule has 0 atom stereocenters. The Morgan fingerprint density at radius 3 is 2.67 bits per heavy atom. The molecule has 0 bridgehead atoms. The molecule has 0 amide bonds. The lowest BCUT2D eigenvalue weighted by Crippen LogP contribution is -2.23. The summed E-state index contributed by atoms with van der Waals surface area (Å²) in [5, 5.41) is 8.15. The third-order valence-corrected chi connectivity index (χ3v) is 4.90. The maximum absolute atomic E-state index is 13.0. The van der Waals surface area contributed by atoms with E-state index < -0.39 is 11.4 Å². The Kier molecular flexibility index (Phi) is 6.03. The van der Waals surface area contributed by atoms with Gasteiger partial charge in [-0.15, -0.1) is 0 Å². The Balaban J connectivity index is 2.04. The number of benzene rings is 2. The highest BCUT2D eigenvalue weighted by Crippen LogP contribution is 2.34. The molecule has 142 valence electrons. The minimum atomic E-state index is -2.65. The number of aromatic nitrogens is 4. The number of aryl methyl sites for hydroxylation is 1. The summed E-state index contributed by atoms with van der Waals surface area (Å²) in [6.07, 6.45) is 0. The first-order chi connectivity index (χ1) is 12.9. The lowest BCUT2D eigenvalue weighted by atomic mass is 10.2. The van der Waals surface area contributed by atoms with Crippen molar-refractivity contribution in [2.45, 2.75) is 17.3 Å². The molecule has 27 heavy (non-hydrogen) atoms. The zero-order valence-corrected chi connectivity index (χ0v) is 16.1. The van der Waals surface area contributed by atoms with Crippen LogP contribution >= 0.6 is 35.0 Å². The highest BCUT2D eigenvalue weighted by Gasteiger charge is 2.18. The van der Waals surface area contributed by atoms with Crippen molar-refractivity contribution in [1.29, 1.82) is 0 Å². The van der Waals surface area contributed by atoms with Crippen LogP contribution in [-0.4, -0.2) is 25.5 Å². The first kappa shape index (κ1) is 19.7. The van der Waals surface area contributed by atoms with Gasteiger partial charge in [0.25, 0.3) is 5.76 Å². The van der Waals surface area contributed by atoms with E-state index in [1.165, 1.54) is 19.2 Å². The van der Waals surface area contributed by atoms with E-state index >= 15 is 0 Å². The minimum absolute atomic E-state index is 0.131. The fraction of sp³-hybridized carbons (Fsp3) is 0.188. The molecule has 0 fully saturated rings. The average molecular weight is 433 g/mol. The first-order valence-corrected chi connectivity index (χ1v) is 9.14. The zero-order chi connectivity index (χ0) is 19.6. The molecular formula is C16H12Cl2F2N4O2S. The van der Waals surface area contributed by atoms with Crippen molar-refractivity contribution in [3.05, 3.63) is 62.5 Å². The van der Waals surface area contributed by atoms with E-state index in [1.54, 1.807) is 24.3 Å². The third kappa shape index (κ3) is 4.42. The van der Waals surface area contributed by atoms with Crippen LogP contribution in [0.5, 0.6) is 5.75 Å². The van der Waals surface area contributed by atoms with Gasteiger partial charge < -0.3 is 4.74 Å². The Hall–Kier alpha value is -2.10. The fourth-order valence-electron chi connectivity index (χ4n) is 2.31. The molecule has 0 saturated heterocycles. The average Bonchev–Trinajstić information content (AvgIpc) is 2.95. The van der Waals surface area contributed by atoms with Crippen LogP contribution in [0.15, 0.2) is 46.1 Å². The Morgan fingerprint density at radius 1 is 1.22 bits per heavy atom. The van der Waals surface area contributed by atoms with Gasteiger partial charge in [0.2, 0.25) is 0 Å². The summed E-state index contributed by atoms with van der Waals surface area (Å²) in [6, 6.07) is 9.32. The number of hydrogen-bond donors (Lipinski definition) is 0.